The summed E-state index contributed by atoms with van der Waals surface area (Å²) in [5.41, 5.74) is 2.07. The molecular formula is C13H18O3. The molecule has 88 valence electrons. The van der Waals surface area contributed by atoms with E-state index in [1.807, 2.05) is 25.1 Å². The molecule has 0 heterocycles. The predicted octanol–water partition coefficient (Wildman–Crippen LogP) is 3.65. The molecule has 0 aliphatic rings. The largest absolute Gasteiger partial charge is 0.513 e. The lowest BCUT2D eigenvalue weighted by Gasteiger charge is -2.13. The Morgan fingerprint density at radius 3 is 2.62 bits per heavy atom. The second-order valence-corrected chi connectivity index (χ2v) is 3.98. The fraction of sp³-hybridized carbons (Fsp3) is 0.462. The SMILES string of the molecule is CCOC(=O)Oc1cc(C)ccc1C(C)C. The minimum atomic E-state index is -0.644. The third kappa shape index (κ3) is 3.26. The summed E-state index contributed by atoms with van der Waals surface area (Å²) >= 11 is 0. The molecule has 0 radical (unpaired) electrons. The number of rotatable bonds is 3. The molecule has 1 aromatic carbocycles. The highest BCUT2D eigenvalue weighted by Gasteiger charge is 2.12. The van der Waals surface area contributed by atoms with Gasteiger partial charge in [-0.3, -0.25) is 0 Å². The summed E-state index contributed by atoms with van der Waals surface area (Å²) in [6.45, 7) is 8.15. The number of benzene rings is 1. The molecule has 0 unspecified atom stereocenters. The van der Waals surface area contributed by atoms with Gasteiger partial charge in [-0.15, -0.1) is 0 Å². The van der Waals surface area contributed by atoms with Gasteiger partial charge in [0.05, 0.1) is 6.61 Å². The van der Waals surface area contributed by atoms with Crippen LogP contribution in [0.2, 0.25) is 0 Å². The van der Waals surface area contributed by atoms with Gasteiger partial charge in [0.15, 0.2) is 0 Å². The maximum atomic E-state index is 11.3. The van der Waals surface area contributed by atoms with E-state index in [9.17, 15) is 4.79 Å². The van der Waals surface area contributed by atoms with Gasteiger partial charge in [-0.2, -0.15) is 0 Å². The number of hydrogen-bond donors (Lipinski definition) is 0. The van der Waals surface area contributed by atoms with Crippen LogP contribution in [0, 0.1) is 6.92 Å². The second kappa shape index (κ2) is 5.54. The van der Waals surface area contributed by atoms with E-state index in [0.29, 0.717) is 18.3 Å². The zero-order valence-electron chi connectivity index (χ0n) is 10.2. The number of hydrogen-bond acceptors (Lipinski definition) is 3. The molecule has 0 amide bonds. The van der Waals surface area contributed by atoms with Crippen LogP contribution in [0.15, 0.2) is 18.2 Å². The van der Waals surface area contributed by atoms with Crippen LogP contribution < -0.4 is 4.74 Å². The quantitative estimate of drug-likeness (QED) is 0.578. The van der Waals surface area contributed by atoms with E-state index in [2.05, 4.69) is 13.8 Å². The minimum Gasteiger partial charge on any atom is -0.434 e. The van der Waals surface area contributed by atoms with Gasteiger partial charge in [0.25, 0.3) is 0 Å². The van der Waals surface area contributed by atoms with Crippen molar-refractivity contribution in [3.63, 3.8) is 0 Å². The zero-order chi connectivity index (χ0) is 12.1. The van der Waals surface area contributed by atoms with Crippen molar-refractivity contribution < 1.29 is 14.3 Å². The first-order chi connectivity index (χ1) is 7.54. The first kappa shape index (κ1) is 12.6. The van der Waals surface area contributed by atoms with Crippen LogP contribution in [-0.4, -0.2) is 12.8 Å². The van der Waals surface area contributed by atoms with E-state index in [0.717, 1.165) is 11.1 Å². The van der Waals surface area contributed by atoms with E-state index in [1.54, 1.807) is 6.92 Å². The fourth-order valence-corrected chi connectivity index (χ4v) is 1.44. The van der Waals surface area contributed by atoms with E-state index < -0.39 is 6.16 Å². The summed E-state index contributed by atoms with van der Waals surface area (Å²) in [6, 6.07) is 5.84. The molecule has 0 aliphatic carbocycles. The average molecular weight is 222 g/mol. The van der Waals surface area contributed by atoms with Crippen LogP contribution in [0.25, 0.3) is 0 Å². The smallest absolute Gasteiger partial charge is 0.434 e. The highest BCUT2D eigenvalue weighted by atomic mass is 16.7. The van der Waals surface area contributed by atoms with Crippen molar-refractivity contribution in [2.24, 2.45) is 0 Å². The first-order valence-corrected chi connectivity index (χ1v) is 5.49. The number of aryl methyl sites for hydroxylation is 1. The van der Waals surface area contributed by atoms with E-state index in [4.69, 9.17) is 9.47 Å². The number of carbonyl (C=O) groups excluding carboxylic acids is 1. The maximum absolute atomic E-state index is 11.3. The van der Waals surface area contributed by atoms with Gasteiger partial charge < -0.3 is 9.47 Å². The monoisotopic (exact) mass is 222 g/mol. The lowest BCUT2D eigenvalue weighted by Crippen LogP contribution is -2.11. The van der Waals surface area contributed by atoms with Crippen molar-refractivity contribution in [2.75, 3.05) is 6.61 Å². The van der Waals surface area contributed by atoms with Crippen LogP contribution in [-0.2, 0) is 4.74 Å². The van der Waals surface area contributed by atoms with Crippen LogP contribution in [0.1, 0.15) is 37.8 Å². The molecule has 0 N–H and O–H groups in total. The van der Waals surface area contributed by atoms with Gasteiger partial charge in [-0.05, 0) is 37.0 Å². The Morgan fingerprint density at radius 2 is 2.06 bits per heavy atom. The van der Waals surface area contributed by atoms with Crippen molar-refractivity contribution >= 4 is 6.16 Å². The summed E-state index contributed by atoms with van der Waals surface area (Å²) in [7, 11) is 0. The molecule has 1 rings (SSSR count). The maximum Gasteiger partial charge on any atom is 0.513 e. The summed E-state index contributed by atoms with van der Waals surface area (Å²) in [5.74, 6) is 0.901. The number of carbonyl (C=O) groups is 1. The van der Waals surface area contributed by atoms with Crippen molar-refractivity contribution in [1.29, 1.82) is 0 Å². The molecule has 3 nitrogen and oxygen atoms in total. The van der Waals surface area contributed by atoms with Gasteiger partial charge in [0.1, 0.15) is 5.75 Å². The standard InChI is InChI=1S/C13H18O3/c1-5-15-13(14)16-12-8-10(4)6-7-11(12)9(2)3/h6-9H,5H2,1-4H3. The lowest BCUT2D eigenvalue weighted by molar-refractivity contribution is 0.104. The topological polar surface area (TPSA) is 35.5 Å². The molecule has 0 spiro atoms. The molecule has 1 aromatic rings. The Labute approximate surface area is 96.4 Å². The Bertz CT molecular complexity index is 369. The van der Waals surface area contributed by atoms with Crippen LogP contribution in [0.4, 0.5) is 4.79 Å². The van der Waals surface area contributed by atoms with Crippen molar-refractivity contribution in [3.8, 4) is 5.75 Å². The normalized spacial score (nSPS) is 10.3. The van der Waals surface area contributed by atoms with Gasteiger partial charge in [-0.25, -0.2) is 4.79 Å². The molecule has 3 heteroatoms. The molecule has 0 aliphatic heterocycles. The van der Waals surface area contributed by atoms with Gasteiger partial charge in [-0.1, -0.05) is 26.0 Å². The fourth-order valence-electron chi connectivity index (χ4n) is 1.44. The highest BCUT2D eigenvalue weighted by molar-refractivity contribution is 5.64. The van der Waals surface area contributed by atoms with E-state index in [1.165, 1.54) is 0 Å². The molecule has 0 bridgehead atoms. The van der Waals surface area contributed by atoms with Crippen molar-refractivity contribution in [2.45, 2.75) is 33.6 Å². The summed E-state index contributed by atoms with van der Waals surface area (Å²) < 4.78 is 9.93. The minimum absolute atomic E-state index is 0.310. The molecule has 0 fully saturated rings. The van der Waals surface area contributed by atoms with Gasteiger partial charge in [0, 0.05) is 0 Å². The first-order valence-electron chi connectivity index (χ1n) is 5.49. The van der Waals surface area contributed by atoms with Gasteiger partial charge in [0.2, 0.25) is 0 Å². The van der Waals surface area contributed by atoms with E-state index >= 15 is 0 Å². The van der Waals surface area contributed by atoms with Gasteiger partial charge >= 0.3 is 6.16 Å². The lowest BCUT2D eigenvalue weighted by atomic mass is 10.0. The second-order valence-electron chi connectivity index (χ2n) is 3.98. The molecule has 0 saturated carbocycles. The molecule has 0 saturated heterocycles. The van der Waals surface area contributed by atoms with Crippen LogP contribution >= 0.6 is 0 Å². The van der Waals surface area contributed by atoms with Crippen LogP contribution in [0.3, 0.4) is 0 Å². The molecular weight excluding hydrogens is 204 g/mol. The Hall–Kier alpha value is -1.51. The Balaban J connectivity index is 2.92. The summed E-state index contributed by atoms with van der Waals surface area (Å²) in [6.07, 6.45) is -0.644. The Morgan fingerprint density at radius 1 is 1.38 bits per heavy atom. The summed E-state index contributed by atoms with van der Waals surface area (Å²) in [5, 5.41) is 0. The number of ether oxygens (including phenoxy) is 2. The Kier molecular flexibility index (Phi) is 4.35. The van der Waals surface area contributed by atoms with Crippen molar-refractivity contribution in [3.05, 3.63) is 29.3 Å². The average Bonchev–Trinajstić information content (AvgIpc) is 2.17. The third-order valence-corrected chi connectivity index (χ3v) is 2.25. The molecule has 16 heavy (non-hydrogen) atoms. The predicted molar refractivity (Wildman–Crippen MR) is 62.9 cm³/mol. The molecule has 0 aromatic heterocycles. The van der Waals surface area contributed by atoms with Crippen LogP contribution in [0.5, 0.6) is 5.75 Å². The van der Waals surface area contributed by atoms with E-state index in [-0.39, 0.29) is 0 Å². The zero-order valence-corrected chi connectivity index (χ0v) is 10.2. The summed E-state index contributed by atoms with van der Waals surface area (Å²) in [4.78, 5) is 11.3. The highest BCUT2D eigenvalue weighted by Crippen LogP contribution is 2.27. The van der Waals surface area contributed by atoms with Crippen molar-refractivity contribution in [1.82, 2.24) is 0 Å². The third-order valence-electron chi connectivity index (χ3n) is 2.25. The molecule has 0 atom stereocenters.